The second-order valence-corrected chi connectivity index (χ2v) is 4.33. The summed E-state index contributed by atoms with van der Waals surface area (Å²) in [5.41, 5.74) is -1.34. The summed E-state index contributed by atoms with van der Waals surface area (Å²) in [6.45, 7) is -1.51. The highest BCUT2D eigenvalue weighted by Gasteiger charge is 2.30. The number of carbonyl (C=O) groups is 1. The van der Waals surface area contributed by atoms with E-state index in [1.807, 2.05) is 0 Å². The maximum Gasteiger partial charge on any atom is 0.315 e. The summed E-state index contributed by atoms with van der Waals surface area (Å²) in [5.74, 6) is 0. The standard InChI is InChI=1S/C10H20N2O4/c13-5-10(6-14,7-15)12-9(16)11-8-3-1-2-4-8/h8,13-15H,1-7H2,(H2,11,12,16). The molecule has 2 amide bonds. The molecule has 1 saturated carbocycles. The summed E-state index contributed by atoms with van der Waals surface area (Å²) in [6, 6.07) is -0.294. The van der Waals surface area contributed by atoms with E-state index in [-0.39, 0.29) is 6.04 Å². The smallest absolute Gasteiger partial charge is 0.315 e. The molecule has 6 nitrogen and oxygen atoms in total. The van der Waals surface area contributed by atoms with Crippen LogP contribution in [0.15, 0.2) is 0 Å². The van der Waals surface area contributed by atoms with E-state index in [0.29, 0.717) is 0 Å². The second kappa shape index (κ2) is 6.03. The summed E-state index contributed by atoms with van der Waals surface area (Å²) in [4.78, 5) is 11.5. The molecule has 1 fully saturated rings. The minimum atomic E-state index is -1.34. The molecule has 0 saturated heterocycles. The van der Waals surface area contributed by atoms with Gasteiger partial charge in [-0.2, -0.15) is 0 Å². The van der Waals surface area contributed by atoms with Crippen LogP contribution in [0, 0.1) is 0 Å². The number of aliphatic hydroxyl groups excluding tert-OH is 3. The van der Waals surface area contributed by atoms with Gasteiger partial charge in [-0.25, -0.2) is 4.79 Å². The van der Waals surface area contributed by atoms with Gasteiger partial charge in [0.15, 0.2) is 0 Å². The predicted molar refractivity (Wildman–Crippen MR) is 57.9 cm³/mol. The van der Waals surface area contributed by atoms with Crippen molar-refractivity contribution in [1.29, 1.82) is 0 Å². The zero-order valence-electron chi connectivity index (χ0n) is 9.28. The number of amides is 2. The molecule has 1 rings (SSSR count). The monoisotopic (exact) mass is 232 g/mol. The lowest BCUT2D eigenvalue weighted by Crippen LogP contribution is -2.60. The van der Waals surface area contributed by atoms with Crippen molar-refractivity contribution < 1.29 is 20.1 Å². The molecule has 6 heteroatoms. The summed E-state index contributed by atoms with van der Waals surface area (Å²) < 4.78 is 0. The quantitative estimate of drug-likeness (QED) is 0.417. The third-order valence-electron chi connectivity index (χ3n) is 2.98. The van der Waals surface area contributed by atoms with Crippen molar-refractivity contribution in [2.45, 2.75) is 37.3 Å². The van der Waals surface area contributed by atoms with Gasteiger partial charge < -0.3 is 26.0 Å². The van der Waals surface area contributed by atoms with Crippen LogP contribution < -0.4 is 10.6 Å². The number of urea groups is 1. The molecule has 0 aromatic carbocycles. The SMILES string of the molecule is O=C(NC1CCCC1)NC(CO)(CO)CO. The molecule has 94 valence electrons. The molecule has 5 N–H and O–H groups in total. The molecule has 0 bridgehead atoms. The third-order valence-corrected chi connectivity index (χ3v) is 2.98. The first-order valence-corrected chi connectivity index (χ1v) is 5.57. The zero-order valence-corrected chi connectivity index (χ0v) is 9.28. The van der Waals surface area contributed by atoms with E-state index in [0.717, 1.165) is 25.7 Å². The van der Waals surface area contributed by atoms with Crippen LogP contribution in [0.1, 0.15) is 25.7 Å². The van der Waals surface area contributed by atoms with Crippen molar-refractivity contribution in [2.24, 2.45) is 0 Å². The van der Waals surface area contributed by atoms with Crippen molar-refractivity contribution in [3.8, 4) is 0 Å². The van der Waals surface area contributed by atoms with Gasteiger partial charge in [-0.3, -0.25) is 0 Å². The molecule has 0 spiro atoms. The molecule has 0 unspecified atom stereocenters. The largest absolute Gasteiger partial charge is 0.394 e. The molecular formula is C10H20N2O4. The predicted octanol–water partition coefficient (Wildman–Crippen LogP) is -1.06. The zero-order chi connectivity index (χ0) is 12.0. The maximum atomic E-state index is 11.5. The fourth-order valence-corrected chi connectivity index (χ4v) is 1.80. The van der Waals surface area contributed by atoms with E-state index < -0.39 is 31.4 Å². The van der Waals surface area contributed by atoms with Gasteiger partial charge in [-0.1, -0.05) is 12.8 Å². The van der Waals surface area contributed by atoms with Crippen LogP contribution >= 0.6 is 0 Å². The summed E-state index contributed by atoms with van der Waals surface area (Å²) in [5, 5.41) is 32.2. The normalized spacial score (nSPS) is 17.4. The molecule has 0 aliphatic heterocycles. The molecule has 1 aliphatic rings. The van der Waals surface area contributed by atoms with Crippen molar-refractivity contribution >= 4 is 6.03 Å². The van der Waals surface area contributed by atoms with Gasteiger partial charge in [-0.15, -0.1) is 0 Å². The van der Waals surface area contributed by atoms with Crippen LogP contribution in [0.5, 0.6) is 0 Å². The Morgan fingerprint density at radius 2 is 1.62 bits per heavy atom. The molecule has 0 heterocycles. The Morgan fingerprint density at radius 3 is 2.06 bits per heavy atom. The highest BCUT2D eigenvalue weighted by atomic mass is 16.3. The van der Waals surface area contributed by atoms with Crippen LogP contribution in [0.3, 0.4) is 0 Å². The Labute approximate surface area is 94.7 Å². The fraction of sp³-hybridized carbons (Fsp3) is 0.900. The fourth-order valence-electron chi connectivity index (χ4n) is 1.80. The lowest BCUT2D eigenvalue weighted by atomic mass is 10.0. The molecular weight excluding hydrogens is 212 g/mol. The van der Waals surface area contributed by atoms with Gasteiger partial charge in [-0.05, 0) is 12.8 Å². The highest BCUT2D eigenvalue weighted by Crippen LogP contribution is 2.17. The maximum absolute atomic E-state index is 11.5. The van der Waals surface area contributed by atoms with Gasteiger partial charge >= 0.3 is 6.03 Å². The Kier molecular flexibility index (Phi) is 4.98. The van der Waals surface area contributed by atoms with Gasteiger partial charge in [0.1, 0.15) is 5.54 Å². The van der Waals surface area contributed by atoms with E-state index in [4.69, 9.17) is 15.3 Å². The number of aliphatic hydroxyl groups is 3. The number of carbonyl (C=O) groups excluding carboxylic acids is 1. The minimum Gasteiger partial charge on any atom is -0.394 e. The van der Waals surface area contributed by atoms with Crippen molar-refractivity contribution in [1.82, 2.24) is 10.6 Å². The van der Waals surface area contributed by atoms with E-state index in [1.54, 1.807) is 0 Å². The first kappa shape index (κ1) is 13.2. The summed E-state index contributed by atoms with van der Waals surface area (Å²) in [6.07, 6.45) is 4.13. The number of nitrogens with one attached hydrogen (secondary N) is 2. The van der Waals surface area contributed by atoms with Crippen LogP contribution in [-0.2, 0) is 0 Å². The Bertz CT molecular complexity index is 217. The lowest BCUT2D eigenvalue weighted by Gasteiger charge is -2.29. The molecule has 0 aromatic rings. The summed E-state index contributed by atoms with van der Waals surface area (Å²) in [7, 11) is 0. The average molecular weight is 232 g/mol. The molecule has 16 heavy (non-hydrogen) atoms. The molecule has 1 aliphatic carbocycles. The van der Waals surface area contributed by atoms with E-state index in [2.05, 4.69) is 10.6 Å². The first-order valence-electron chi connectivity index (χ1n) is 5.57. The van der Waals surface area contributed by atoms with Gasteiger partial charge in [0.2, 0.25) is 0 Å². The lowest BCUT2D eigenvalue weighted by molar-refractivity contribution is 0.0490. The van der Waals surface area contributed by atoms with Gasteiger partial charge in [0.05, 0.1) is 19.8 Å². The Morgan fingerprint density at radius 1 is 1.12 bits per heavy atom. The van der Waals surface area contributed by atoms with Crippen molar-refractivity contribution in [3.05, 3.63) is 0 Å². The third kappa shape index (κ3) is 3.33. The van der Waals surface area contributed by atoms with Crippen LogP contribution in [0.4, 0.5) is 4.79 Å². The van der Waals surface area contributed by atoms with Gasteiger partial charge in [0, 0.05) is 6.04 Å². The minimum absolute atomic E-state index is 0.161. The van der Waals surface area contributed by atoms with Gasteiger partial charge in [0.25, 0.3) is 0 Å². The van der Waals surface area contributed by atoms with E-state index in [1.165, 1.54) is 0 Å². The number of hydrogen-bond acceptors (Lipinski definition) is 4. The number of hydrogen-bond donors (Lipinski definition) is 5. The van der Waals surface area contributed by atoms with Crippen LogP contribution in [0.25, 0.3) is 0 Å². The summed E-state index contributed by atoms with van der Waals surface area (Å²) >= 11 is 0. The van der Waals surface area contributed by atoms with E-state index >= 15 is 0 Å². The second-order valence-electron chi connectivity index (χ2n) is 4.33. The molecule has 0 atom stereocenters. The van der Waals surface area contributed by atoms with Crippen molar-refractivity contribution in [2.75, 3.05) is 19.8 Å². The van der Waals surface area contributed by atoms with E-state index in [9.17, 15) is 4.79 Å². The van der Waals surface area contributed by atoms with Crippen LogP contribution in [0.2, 0.25) is 0 Å². The topological polar surface area (TPSA) is 102 Å². The average Bonchev–Trinajstić information content (AvgIpc) is 2.79. The molecule has 0 radical (unpaired) electrons. The number of rotatable bonds is 5. The Balaban J connectivity index is 2.41. The highest BCUT2D eigenvalue weighted by molar-refractivity contribution is 5.75. The molecule has 0 aromatic heterocycles. The van der Waals surface area contributed by atoms with Crippen LogP contribution in [-0.4, -0.2) is 52.8 Å². The van der Waals surface area contributed by atoms with Crippen molar-refractivity contribution in [3.63, 3.8) is 0 Å². The first-order chi connectivity index (χ1) is 7.65. The Hall–Kier alpha value is -0.850.